The van der Waals surface area contributed by atoms with E-state index in [2.05, 4.69) is 10.1 Å². The van der Waals surface area contributed by atoms with E-state index in [0.717, 1.165) is 25.7 Å². The highest BCUT2D eigenvalue weighted by Gasteiger charge is 2.27. The molecule has 1 N–H and O–H groups in total. The van der Waals surface area contributed by atoms with Crippen molar-refractivity contribution in [2.45, 2.75) is 37.5 Å². The summed E-state index contributed by atoms with van der Waals surface area (Å²) >= 11 is 0. The van der Waals surface area contributed by atoms with Crippen molar-refractivity contribution in [1.82, 2.24) is 4.31 Å². The van der Waals surface area contributed by atoms with Crippen LogP contribution in [0.15, 0.2) is 47.4 Å². The SMILES string of the molecule is COC(=O)c1ccc(C(=O)OCC(=O)Nc2ccc(C)c(S(=O)(=O)N3CCCCCC3)c2)cc1. The Morgan fingerprint density at radius 1 is 0.912 bits per heavy atom. The number of anilines is 1. The number of ether oxygens (including phenoxy) is 2. The molecule has 0 radical (unpaired) electrons. The van der Waals surface area contributed by atoms with E-state index in [0.29, 0.717) is 24.3 Å². The number of aryl methyl sites for hydroxylation is 1. The summed E-state index contributed by atoms with van der Waals surface area (Å²) < 4.78 is 37.5. The molecule has 3 rings (SSSR count). The van der Waals surface area contributed by atoms with Crippen LogP contribution in [0.25, 0.3) is 0 Å². The van der Waals surface area contributed by atoms with Crippen LogP contribution in [-0.4, -0.2) is 57.4 Å². The summed E-state index contributed by atoms with van der Waals surface area (Å²) in [5, 5.41) is 2.58. The smallest absolute Gasteiger partial charge is 0.338 e. The Hall–Kier alpha value is -3.24. The van der Waals surface area contributed by atoms with Crippen LogP contribution < -0.4 is 5.32 Å². The molecule has 1 aliphatic rings. The lowest BCUT2D eigenvalue weighted by Crippen LogP contribution is -2.32. The van der Waals surface area contributed by atoms with Crippen LogP contribution in [0.5, 0.6) is 0 Å². The lowest BCUT2D eigenvalue weighted by molar-refractivity contribution is -0.119. The van der Waals surface area contributed by atoms with Crippen LogP contribution in [0, 0.1) is 6.92 Å². The van der Waals surface area contributed by atoms with E-state index in [9.17, 15) is 22.8 Å². The number of hydrogen-bond acceptors (Lipinski definition) is 7. The highest BCUT2D eigenvalue weighted by molar-refractivity contribution is 7.89. The van der Waals surface area contributed by atoms with Gasteiger partial charge in [-0.15, -0.1) is 0 Å². The molecule has 0 atom stereocenters. The van der Waals surface area contributed by atoms with E-state index in [1.807, 2.05) is 0 Å². The summed E-state index contributed by atoms with van der Waals surface area (Å²) in [5.74, 6) is -1.88. The van der Waals surface area contributed by atoms with Gasteiger partial charge in [0.05, 0.1) is 23.1 Å². The molecule has 0 saturated carbocycles. The molecule has 1 fully saturated rings. The normalized spacial score (nSPS) is 14.6. The van der Waals surface area contributed by atoms with Crippen molar-refractivity contribution in [3.8, 4) is 0 Å². The second-order valence-corrected chi connectivity index (χ2v) is 9.90. The minimum atomic E-state index is -3.68. The Balaban J connectivity index is 1.63. The van der Waals surface area contributed by atoms with Gasteiger partial charge in [0.2, 0.25) is 10.0 Å². The maximum absolute atomic E-state index is 13.2. The Labute approximate surface area is 199 Å². The fourth-order valence-electron chi connectivity index (χ4n) is 3.65. The highest BCUT2D eigenvalue weighted by Crippen LogP contribution is 2.26. The second kappa shape index (κ2) is 11.3. The zero-order valence-electron chi connectivity index (χ0n) is 19.2. The lowest BCUT2D eigenvalue weighted by Gasteiger charge is -2.21. The number of carbonyl (C=O) groups excluding carboxylic acids is 3. The largest absolute Gasteiger partial charge is 0.465 e. The van der Waals surface area contributed by atoms with Crippen LogP contribution in [0.2, 0.25) is 0 Å². The Morgan fingerprint density at radius 3 is 2.09 bits per heavy atom. The molecule has 34 heavy (non-hydrogen) atoms. The van der Waals surface area contributed by atoms with Crippen LogP contribution in [0.4, 0.5) is 5.69 Å². The van der Waals surface area contributed by atoms with Crippen LogP contribution in [-0.2, 0) is 24.3 Å². The van der Waals surface area contributed by atoms with Gasteiger partial charge in [0, 0.05) is 18.8 Å². The summed E-state index contributed by atoms with van der Waals surface area (Å²) in [6.45, 7) is 2.12. The average Bonchev–Trinajstić information content (AvgIpc) is 3.13. The van der Waals surface area contributed by atoms with Crippen LogP contribution >= 0.6 is 0 Å². The molecule has 2 aromatic carbocycles. The molecule has 1 heterocycles. The predicted octanol–water partition coefficient (Wildman–Crippen LogP) is 3.14. The first kappa shape index (κ1) is 25.4. The monoisotopic (exact) mass is 488 g/mol. The van der Waals surface area contributed by atoms with E-state index < -0.39 is 34.5 Å². The summed E-state index contributed by atoms with van der Waals surface area (Å²) in [6.07, 6.45) is 3.67. The van der Waals surface area contributed by atoms with Crippen molar-refractivity contribution in [2.24, 2.45) is 0 Å². The average molecular weight is 489 g/mol. The first-order valence-electron chi connectivity index (χ1n) is 11.0. The number of methoxy groups -OCH3 is 1. The lowest BCUT2D eigenvalue weighted by atomic mass is 10.1. The molecule has 10 heteroatoms. The third-order valence-electron chi connectivity index (χ3n) is 5.53. The molecule has 2 aromatic rings. The van der Waals surface area contributed by atoms with Crippen LogP contribution in [0.3, 0.4) is 0 Å². The van der Waals surface area contributed by atoms with Crippen LogP contribution in [0.1, 0.15) is 52.0 Å². The van der Waals surface area contributed by atoms with Crippen molar-refractivity contribution in [3.63, 3.8) is 0 Å². The summed E-state index contributed by atoms with van der Waals surface area (Å²) in [5.41, 5.74) is 1.33. The number of esters is 2. The Kier molecular flexibility index (Phi) is 8.41. The fraction of sp³-hybridized carbons (Fsp3) is 0.375. The third kappa shape index (κ3) is 6.21. The number of carbonyl (C=O) groups is 3. The van der Waals surface area contributed by atoms with Gasteiger partial charge < -0.3 is 14.8 Å². The quantitative estimate of drug-likeness (QED) is 0.595. The first-order chi connectivity index (χ1) is 16.2. The molecular formula is C24H28N2O7S. The van der Waals surface area contributed by atoms with Gasteiger partial charge in [-0.25, -0.2) is 18.0 Å². The molecule has 1 aliphatic heterocycles. The maximum atomic E-state index is 13.2. The topological polar surface area (TPSA) is 119 Å². The molecule has 0 unspecified atom stereocenters. The van der Waals surface area contributed by atoms with Gasteiger partial charge in [0.15, 0.2) is 6.61 Å². The van der Waals surface area contributed by atoms with Crippen molar-refractivity contribution in [2.75, 3.05) is 32.1 Å². The molecule has 1 amide bonds. The standard InChI is InChI=1S/C24H28N2O7S/c1-17-7-12-20(15-21(17)34(30,31)26-13-5-3-4-6-14-26)25-22(27)16-33-24(29)19-10-8-18(9-11-19)23(28)32-2/h7-12,15H,3-6,13-14,16H2,1-2H3,(H,25,27). The molecule has 0 spiro atoms. The van der Waals surface area contributed by atoms with E-state index in [-0.39, 0.29) is 16.0 Å². The van der Waals surface area contributed by atoms with Gasteiger partial charge in [-0.3, -0.25) is 4.79 Å². The van der Waals surface area contributed by atoms with Crippen molar-refractivity contribution in [3.05, 3.63) is 59.2 Å². The zero-order valence-corrected chi connectivity index (χ0v) is 20.0. The van der Waals surface area contributed by atoms with E-state index in [4.69, 9.17) is 4.74 Å². The second-order valence-electron chi connectivity index (χ2n) is 7.99. The molecule has 9 nitrogen and oxygen atoms in total. The summed E-state index contributed by atoms with van der Waals surface area (Å²) in [4.78, 5) is 36.1. The summed E-state index contributed by atoms with van der Waals surface area (Å²) in [7, 11) is -2.43. The zero-order chi connectivity index (χ0) is 24.7. The van der Waals surface area contributed by atoms with Gasteiger partial charge in [-0.1, -0.05) is 18.9 Å². The Bertz CT molecular complexity index is 1150. The van der Waals surface area contributed by atoms with Crippen molar-refractivity contribution in [1.29, 1.82) is 0 Å². The van der Waals surface area contributed by atoms with Gasteiger partial charge in [0.1, 0.15) is 0 Å². The van der Waals surface area contributed by atoms with Gasteiger partial charge in [0.25, 0.3) is 5.91 Å². The summed E-state index contributed by atoms with van der Waals surface area (Å²) in [6, 6.07) is 10.3. The number of rotatable bonds is 7. The number of sulfonamides is 1. The van der Waals surface area contributed by atoms with E-state index in [1.54, 1.807) is 19.1 Å². The molecule has 0 aliphatic carbocycles. The molecule has 1 saturated heterocycles. The number of nitrogens with one attached hydrogen (secondary N) is 1. The first-order valence-corrected chi connectivity index (χ1v) is 12.4. The van der Waals surface area contributed by atoms with Gasteiger partial charge in [-0.2, -0.15) is 4.31 Å². The van der Waals surface area contributed by atoms with Crippen molar-refractivity contribution >= 4 is 33.6 Å². The number of hydrogen-bond donors (Lipinski definition) is 1. The highest BCUT2D eigenvalue weighted by atomic mass is 32.2. The maximum Gasteiger partial charge on any atom is 0.338 e. The third-order valence-corrected chi connectivity index (χ3v) is 7.57. The van der Waals surface area contributed by atoms with Gasteiger partial charge in [-0.05, 0) is 61.7 Å². The minimum Gasteiger partial charge on any atom is -0.465 e. The fourth-order valence-corrected chi connectivity index (χ4v) is 5.42. The predicted molar refractivity (Wildman–Crippen MR) is 125 cm³/mol. The Morgan fingerprint density at radius 2 is 1.50 bits per heavy atom. The van der Waals surface area contributed by atoms with Gasteiger partial charge >= 0.3 is 11.9 Å². The number of benzene rings is 2. The van der Waals surface area contributed by atoms with E-state index >= 15 is 0 Å². The molecule has 0 aromatic heterocycles. The molecule has 182 valence electrons. The van der Waals surface area contributed by atoms with Crippen molar-refractivity contribution < 1.29 is 32.3 Å². The minimum absolute atomic E-state index is 0.148. The molecular weight excluding hydrogens is 460 g/mol. The molecule has 0 bridgehead atoms. The number of nitrogens with zero attached hydrogens (tertiary/aromatic N) is 1. The number of amides is 1. The van der Waals surface area contributed by atoms with E-state index in [1.165, 1.54) is 41.7 Å².